The van der Waals surface area contributed by atoms with Crippen molar-refractivity contribution in [3.05, 3.63) is 58.5 Å². The van der Waals surface area contributed by atoms with E-state index >= 15 is 0 Å². The zero-order valence-corrected chi connectivity index (χ0v) is 18.4. The van der Waals surface area contributed by atoms with Gasteiger partial charge in [0.1, 0.15) is 0 Å². The maximum Gasteiger partial charge on any atom is 0.341 e. The van der Waals surface area contributed by atoms with Crippen LogP contribution in [0.5, 0.6) is 11.5 Å². The van der Waals surface area contributed by atoms with Crippen molar-refractivity contribution in [3.8, 4) is 11.5 Å². The van der Waals surface area contributed by atoms with Crippen LogP contribution in [0.4, 0.5) is 5.69 Å². The number of carboxylic acids is 1. The number of amidine groups is 1. The molecule has 0 aromatic heterocycles. The van der Waals surface area contributed by atoms with E-state index in [1.54, 1.807) is 29.2 Å². The summed E-state index contributed by atoms with van der Waals surface area (Å²) in [5, 5.41) is 9.46. The number of likely N-dealkylation sites (N-methyl/N-ethyl adjacent to an activating group) is 1. The number of amides is 1. The standard InChI is InChI=1S/C23H24N2O5S/c1-4-25-22(28)20(31-23(25)24-17-9-6-15(3)7-10-17)13-16-8-11-18(30-14-21(26)27)19(12-16)29-5-2/h6-13H,4-5,14H2,1-3H3,(H,26,27)/b20-13+,24-23?. The second-order valence-electron chi connectivity index (χ2n) is 6.71. The third-order valence-electron chi connectivity index (χ3n) is 4.38. The third-order valence-corrected chi connectivity index (χ3v) is 5.39. The van der Waals surface area contributed by atoms with Crippen LogP contribution in [0.3, 0.4) is 0 Å². The Morgan fingerprint density at radius 2 is 1.87 bits per heavy atom. The van der Waals surface area contributed by atoms with Gasteiger partial charge in [-0.1, -0.05) is 23.8 Å². The minimum absolute atomic E-state index is 0.109. The van der Waals surface area contributed by atoms with Crippen LogP contribution in [0.15, 0.2) is 52.4 Å². The van der Waals surface area contributed by atoms with Crippen LogP contribution in [0, 0.1) is 6.92 Å². The van der Waals surface area contributed by atoms with E-state index in [1.165, 1.54) is 11.8 Å². The number of carboxylic acid groups (broad SMARTS) is 1. The predicted octanol–water partition coefficient (Wildman–Crippen LogP) is 4.48. The molecule has 31 heavy (non-hydrogen) atoms. The van der Waals surface area contributed by atoms with Gasteiger partial charge in [0.05, 0.1) is 17.2 Å². The van der Waals surface area contributed by atoms with Crippen molar-refractivity contribution in [1.29, 1.82) is 0 Å². The van der Waals surface area contributed by atoms with E-state index < -0.39 is 12.6 Å². The quantitative estimate of drug-likeness (QED) is 0.609. The molecule has 2 aromatic carbocycles. The molecule has 0 radical (unpaired) electrons. The minimum Gasteiger partial charge on any atom is -0.490 e. The van der Waals surface area contributed by atoms with Gasteiger partial charge in [0.15, 0.2) is 23.3 Å². The van der Waals surface area contributed by atoms with Gasteiger partial charge in [-0.05, 0) is 68.4 Å². The molecule has 1 fully saturated rings. The molecule has 0 atom stereocenters. The number of ether oxygens (including phenoxy) is 2. The molecule has 1 heterocycles. The fourth-order valence-corrected chi connectivity index (χ4v) is 3.96. The number of benzene rings is 2. The molecule has 8 heteroatoms. The maximum absolute atomic E-state index is 12.9. The summed E-state index contributed by atoms with van der Waals surface area (Å²) in [5.74, 6) is -0.410. The predicted molar refractivity (Wildman–Crippen MR) is 122 cm³/mol. The van der Waals surface area contributed by atoms with Crippen molar-refractivity contribution >= 4 is 40.6 Å². The molecule has 1 saturated heterocycles. The molecule has 7 nitrogen and oxygen atoms in total. The van der Waals surface area contributed by atoms with E-state index in [0.717, 1.165) is 16.8 Å². The van der Waals surface area contributed by atoms with Gasteiger partial charge in [0.25, 0.3) is 5.91 Å². The zero-order valence-electron chi connectivity index (χ0n) is 17.6. The van der Waals surface area contributed by atoms with Crippen molar-refractivity contribution in [2.24, 2.45) is 4.99 Å². The van der Waals surface area contributed by atoms with Gasteiger partial charge in [0.2, 0.25) is 0 Å². The van der Waals surface area contributed by atoms with Crippen LogP contribution in [-0.2, 0) is 9.59 Å². The second-order valence-corrected chi connectivity index (χ2v) is 7.72. The monoisotopic (exact) mass is 440 g/mol. The second kappa shape index (κ2) is 10.2. The molecular weight excluding hydrogens is 416 g/mol. The summed E-state index contributed by atoms with van der Waals surface area (Å²) in [6.45, 7) is 6.20. The molecule has 0 spiro atoms. The Morgan fingerprint density at radius 3 is 2.52 bits per heavy atom. The highest BCUT2D eigenvalue weighted by Crippen LogP contribution is 2.35. The van der Waals surface area contributed by atoms with Gasteiger partial charge in [-0.15, -0.1) is 0 Å². The Hall–Kier alpha value is -3.26. The summed E-state index contributed by atoms with van der Waals surface area (Å²) >= 11 is 1.32. The average molecular weight is 441 g/mol. The molecule has 1 N–H and O–H groups in total. The van der Waals surface area contributed by atoms with Crippen LogP contribution >= 0.6 is 11.8 Å². The molecule has 1 aliphatic rings. The van der Waals surface area contributed by atoms with Crippen LogP contribution < -0.4 is 9.47 Å². The lowest BCUT2D eigenvalue weighted by atomic mass is 10.2. The number of hydrogen-bond acceptors (Lipinski definition) is 6. The number of aliphatic carboxylic acids is 1. The maximum atomic E-state index is 12.9. The Bertz CT molecular complexity index is 1030. The first-order chi connectivity index (χ1) is 14.9. The largest absolute Gasteiger partial charge is 0.490 e. The number of nitrogens with zero attached hydrogens (tertiary/aromatic N) is 2. The summed E-state index contributed by atoms with van der Waals surface area (Å²) in [4.78, 5) is 30.5. The summed E-state index contributed by atoms with van der Waals surface area (Å²) in [6.07, 6.45) is 1.77. The lowest BCUT2D eigenvalue weighted by Crippen LogP contribution is -2.28. The van der Waals surface area contributed by atoms with Crippen LogP contribution in [0.2, 0.25) is 0 Å². The first-order valence-electron chi connectivity index (χ1n) is 9.89. The van der Waals surface area contributed by atoms with Crippen molar-refractivity contribution in [2.75, 3.05) is 19.8 Å². The van der Waals surface area contributed by atoms with Crippen molar-refractivity contribution < 1.29 is 24.2 Å². The Balaban J connectivity index is 1.88. The SMILES string of the molecule is CCOc1cc(/C=C2/SC(=Nc3ccc(C)cc3)N(CC)C2=O)ccc1OCC(=O)O. The van der Waals surface area contributed by atoms with Gasteiger partial charge in [-0.2, -0.15) is 0 Å². The first kappa shape index (κ1) is 22.4. The van der Waals surface area contributed by atoms with E-state index in [0.29, 0.717) is 34.7 Å². The number of hydrogen-bond donors (Lipinski definition) is 1. The molecular formula is C23H24N2O5S. The molecule has 162 valence electrons. The summed E-state index contributed by atoms with van der Waals surface area (Å²) in [7, 11) is 0. The van der Waals surface area contributed by atoms with E-state index in [4.69, 9.17) is 14.6 Å². The number of rotatable bonds is 8. The van der Waals surface area contributed by atoms with Crippen LogP contribution in [0.1, 0.15) is 25.0 Å². The third kappa shape index (κ3) is 5.67. The van der Waals surface area contributed by atoms with Gasteiger partial charge in [-0.25, -0.2) is 9.79 Å². The molecule has 1 aliphatic heterocycles. The lowest BCUT2D eigenvalue weighted by Gasteiger charge is -2.12. The zero-order chi connectivity index (χ0) is 22.4. The average Bonchev–Trinajstić information content (AvgIpc) is 3.03. The summed E-state index contributed by atoms with van der Waals surface area (Å²) in [6, 6.07) is 12.9. The molecule has 2 aromatic rings. The van der Waals surface area contributed by atoms with Gasteiger partial charge >= 0.3 is 5.97 Å². The molecule has 0 saturated carbocycles. The highest BCUT2D eigenvalue weighted by atomic mass is 32.2. The molecule has 1 amide bonds. The Labute approximate surface area is 185 Å². The molecule has 0 aliphatic carbocycles. The molecule has 0 unspecified atom stereocenters. The number of thioether (sulfide) groups is 1. The van der Waals surface area contributed by atoms with Crippen molar-refractivity contribution in [1.82, 2.24) is 4.90 Å². The smallest absolute Gasteiger partial charge is 0.341 e. The highest BCUT2D eigenvalue weighted by Gasteiger charge is 2.32. The van der Waals surface area contributed by atoms with Gasteiger partial charge < -0.3 is 14.6 Å². The van der Waals surface area contributed by atoms with Gasteiger partial charge in [-0.3, -0.25) is 9.69 Å². The number of aryl methyl sites for hydroxylation is 1. The Morgan fingerprint density at radius 1 is 1.13 bits per heavy atom. The lowest BCUT2D eigenvalue weighted by molar-refractivity contribution is -0.139. The summed E-state index contributed by atoms with van der Waals surface area (Å²) < 4.78 is 10.9. The fraction of sp³-hybridized carbons (Fsp3) is 0.261. The Kier molecular flexibility index (Phi) is 7.36. The first-order valence-corrected chi connectivity index (χ1v) is 10.7. The van der Waals surface area contributed by atoms with Gasteiger partial charge in [0, 0.05) is 6.54 Å². The fourth-order valence-electron chi connectivity index (χ4n) is 2.89. The molecule has 3 rings (SSSR count). The van der Waals surface area contributed by atoms with Crippen molar-refractivity contribution in [3.63, 3.8) is 0 Å². The molecule has 0 bridgehead atoms. The topological polar surface area (TPSA) is 88.4 Å². The van der Waals surface area contributed by atoms with E-state index in [2.05, 4.69) is 4.99 Å². The van der Waals surface area contributed by atoms with E-state index in [-0.39, 0.29) is 5.91 Å². The number of carbonyl (C=O) groups is 2. The van der Waals surface area contributed by atoms with E-state index in [1.807, 2.05) is 45.0 Å². The van der Waals surface area contributed by atoms with Crippen molar-refractivity contribution in [2.45, 2.75) is 20.8 Å². The number of carbonyl (C=O) groups excluding carboxylic acids is 1. The number of aliphatic imine (C=N–C) groups is 1. The summed E-state index contributed by atoms with van der Waals surface area (Å²) in [5.41, 5.74) is 2.68. The van der Waals surface area contributed by atoms with Crippen LogP contribution in [-0.4, -0.2) is 46.8 Å². The highest BCUT2D eigenvalue weighted by molar-refractivity contribution is 8.18. The van der Waals surface area contributed by atoms with E-state index in [9.17, 15) is 9.59 Å². The van der Waals surface area contributed by atoms with Crippen LogP contribution in [0.25, 0.3) is 6.08 Å². The minimum atomic E-state index is -1.07. The normalized spacial score (nSPS) is 16.2.